The van der Waals surface area contributed by atoms with Crippen LogP contribution in [-0.4, -0.2) is 6.54 Å². The van der Waals surface area contributed by atoms with Crippen molar-refractivity contribution in [2.24, 2.45) is 5.92 Å². The van der Waals surface area contributed by atoms with Crippen molar-refractivity contribution < 1.29 is 4.39 Å². The van der Waals surface area contributed by atoms with Gasteiger partial charge in [-0.15, -0.1) is 0 Å². The first-order valence-electron chi connectivity index (χ1n) is 6.16. The Morgan fingerprint density at radius 2 is 2.00 bits per heavy atom. The minimum atomic E-state index is -0.152. The summed E-state index contributed by atoms with van der Waals surface area (Å²) >= 11 is 0. The third kappa shape index (κ3) is 3.93. The normalized spacial score (nSPS) is 14.8. The number of nitrogens with one attached hydrogen (secondary N) is 1. The Morgan fingerprint density at radius 1 is 1.25 bits per heavy atom. The van der Waals surface area contributed by atoms with E-state index in [1.54, 1.807) is 12.1 Å². The van der Waals surface area contributed by atoms with Crippen LogP contribution in [0.2, 0.25) is 0 Å². The molecule has 1 N–H and O–H groups in total. The fourth-order valence-corrected chi connectivity index (χ4v) is 1.71. The van der Waals surface area contributed by atoms with Crippen LogP contribution in [0.3, 0.4) is 0 Å². The second-order valence-corrected chi connectivity index (χ2v) is 4.44. The summed E-state index contributed by atoms with van der Waals surface area (Å²) in [7, 11) is 0. The Balaban J connectivity index is 2.60. The number of hydrogen-bond donors (Lipinski definition) is 1. The monoisotopic (exact) mass is 223 g/mol. The summed E-state index contributed by atoms with van der Waals surface area (Å²) in [5.41, 5.74) is 1.05. The van der Waals surface area contributed by atoms with Crippen LogP contribution in [0.5, 0.6) is 0 Å². The first-order chi connectivity index (χ1) is 7.67. The fraction of sp³-hybridized carbons (Fsp3) is 0.571. The van der Waals surface area contributed by atoms with Crippen LogP contribution in [0.4, 0.5) is 4.39 Å². The second kappa shape index (κ2) is 6.64. The Hall–Kier alpha value is -0.890. The lowest BCUT2D eigenvalue weighted by atomic mass is 10.0. The molecule has 0 aliphatic carbocycles. The third-order valence-electron chi connectivity index (χ3n) is 3.07. The molecule has 0 aliphatic rings. The van der Waals surface area contributed by atoms with Gasteiger partial charge in [0.1, 0.15) is 5.82 Å². The summed E-state index contributed by atoms with van der Waals surface area (Å²) in [6.45, 7) is 7.53. The van der Waals surface area contributed by atoms with E-state index < -0.39 is 0 Å². The highest BCUT2D eigenvalue weighted by atomic mass is 19.1. The Kier molecular flexibility index (Phi) is 5.47. The minimum absolute atomic E-state index is 0.152. The van der Waals surface area contributed by atoms with Crippen LogP contribution in [-0.2, 0) is 0 Å². The van der Waals surface area contributed by atoms with E-state index in [1.165, 1.54) is 12.5 Å². The van der Waals surface area contributed by atoms with Crippen molar-refractivity contribution in [3.8, 4) is 0 Å². The molecule has 0 spiro atoms. The van der Waals surface area contributed by atoms with Gasteiger partial charge in [0, 0.05) is 6.04 Å². The maximum atomic E-state index is 13.1. The van der Waals surface area contributed by atoms with Gasteiger partial charge in [-0.25, -0.2) is 4.39 Å². The Morgan fingerprint density at radius 3 is 2.56 bits per heavy atom. The summed E-state index contributed by atoms with van der Waals surface area (Å²) in [6.07, 6.45) is 2.16. The highest BCUT2D eigenvalue weighted by Crippen LogP contribution is 2.17. The summed E-state index contributed by atoms with van der Waals surface area (Å²) in [5, 5.41) is 3.50. The van der Waals surface area contributed by atoms with E-state index in [1.807, 2.05) is 6.07 Å². The van der Waals surface area contributed by atoms with Gasteiger partial charge in [0.25, 0.3) is 0 Å². The summed E-state index contributed by atoms with van der Waals surface area (Å²) in [5.74, 6) is 0.517. The highest BCUT2D eigenvalue weighted by Gasteiger charge is 2.10. The molecule has 0 radical (unpaired) electrons. The SMILES string of the molecule is CCC(C)CNC(CC)c1cccc(F)c1. The standard InChI is InChI=1S/C14H22FN/c1-4-11(3)10-16-14(5-2)12-7-6-8-13(15)9-12/h6-9,11,14,16H,4-5,10H2,1-3H3. The average molecular weight is 223 g/mol. The molecule has 0 aliphatic heterocycles. The lowest BCUT2D eigenvalue weighted by Crippen LogP contribution is -2.25. The van der Waals surface area contributed by atoms with E-state index in [4.69, 9.17) is 0 Å². The summed E-state index contributed by atoms with van der Waals surface area (Å²) < 4.78 is 13.1. The maximum Gasteiger partial charge on any atom is 0.123 e. The van der Waals surface area contributed by atoms with Gasteiger partial charge in [0.15, 0.2) is 0 Å². The van der Waals surface area contributed by atoms with Gasteiger partial charge in [-0.2, -0.15) is 0 Å². The van der Waals surface area contributed by atoms with E-state index in [-0.39, 0.29) is 11.9 Å². The van der Waals surface area contributed by atoms with Crippen LogP contribution < -0.4 is 5.32 Å². The van der Waals surface area contributed by atoms with Gasteiger partial charge in [0.2, 0.25) is 0 Å². The van der Waals surface area contributed by atoms with E-state index in [0.717, 1.165) is 18.5 Å². The average Bonchev–Trinajstić information content (AvgIpc) is 2.29. The number of halogens is 1. The van der Waals surface area contributed by atoms with Crippen molar-refractivity contribution in [2.45, 2.75) is 39.7 Å². The molecule has 2 unspecified atom stereocenters. The predicted octanol–water partition coefficient (Wildman–Crippen LogP) is 3.91. The lowest BCUT2D eigenvalue weighted by Gasteiger charge is -2.19. The van der Waals surface area contributed by atoms with E-state index in [9.17, 15) is 4.39 Å². The quantitative estimate of drug-likeness (QED) is 0.771. The van der Waals surface area contributed by atoms with Gasteiger partial charge in [-0.1, -0.05) is 39.3 Å². The number of rotatable bonds is 6. The molecule has 2 atom stereocenters. The zero-order valence-electron chi connectivity index (χ0n) is 10.5. The third-order valence-corrected chi connectivity index (χ3v) is 3.07. The molecular weight excluding hydrogens is 201 g/mol. The first-order valence-corrected chi connectivity index (χ1v) is 6.16. The summed E-state index contributed by atoms with van der Waals surface area (Å²) in [4.78, 5) is 0. The zero-order valence-corrected chi connectivity index (χ0v) is 10.5. The molecule has 1 aromatic carbocycles. The molecule has 0 heterocycles. The van der Waals surface area contributed by atoms with Gasteiger partial charge in [0.05, 0.1) is 0 Å². The van der Waals surface area contributed by atoms with Gasteiger partial charge >= 0.3 is 0 Å². The minimum Gasteiger partial charge on any atom is -0.310 e. The number of benzene rings is 1. The predicted molar refractivity (Wildman–Crippen MR) is 66.9 cm³/mol. The molecular formula is C14H22FN. The van der Waals surface area contributed by atoms with Crippen LogP contribution in [0, 0.1) is 11.7 Å². The largest absolute Gasteiger partial charge is 0.310 e. The van der Waals surface area contributed by atoms with Crippen LogP contribution in [0.1, 0.15) is 45.2 Å². The van der Waals surface area contributed by atoms with E-state index >= 15 is 0 Å². The topological polar surface area (TPSA) is 12.0 Å². The van der Waals surface area contributed by atoms with Crippen LogP contribution in [0.15, 0.2) is 24.3 Å². The highest BCUT2D eigenvalue weighted by molar-refractivity contribution is 5.20. The zero-order chi connectivity index (χ0) is 12.0. The van der Waals surface area contributed by atoms with Crippen molar-refractivity contribution in [2.75, 3.05) is 6.54 Å². The molecule has 90 valence electrons. The molecule has 16 heavy (non-hydrogen) atoms. The smallest absolute Gasteiger partial charge is 0.123 e. The molecule has 1 nitrogen and oxygen atoms in total. The Bertz CT molecular complexity index is 311. The second-order valence-electron chi connectivity index (χ2n) is 4.44. The van der Waals surface area contributed by atoms with Crippen molar-refractivity contribution in [1.82, 2.24) is 5.32 Å². The van der Waals surface area contributed by atoms with Crippen LogP contribution in [0.25, 0.3) is 0 Å². The molecule has 0 fully saturated rings. The van der Waals surface area contributed by atoms with Crippen molar-refractivity contribution in [3.63, 3.8) is 0 Å². The molecule has 2 heteroatoms. The van der Waals surface area contributed by atoms with Crippen LogP contribution >= 0.6 is 0 Å². The summed E-state index contributed by atoms with van der Waals surface area (Å²) in [6, 6.07) is 7.15. The molecule has 0 saturated heterocycles. The van der Waals surface area contributed by atoms with Gasteiger partial charge in [-0.05, 0) is 36.6 Å². The molecule has 1 aromatic rings. The van der Waals surface area contributed by atoms with Gasteiger partial charge in [-0.3, -0.25) is 0 Å². The van der Waals surface area contributed by atoms with E-state index in [0.29, 0.717) is 5.92 Å². The maximum absolute atomic E-state index is 13.1. The molecule has 0 amide bonds. The van der Waals surface area contributed by atoms with E-state index in [2.05, 4.69) is 26.1 Å². The van der Waals surface area contributed by atoms with Gasteiger partial charge < -0.3 is 5.32 Å². The lowest BCUT2D eigenvalue weighted by molar-refractivity contribution is 0.436. The van der Waals surface area contributed by atoms with Crippen molar-refractivity contribution >= 4 is 0 Å². The molecule has 0 bridgehead atoms. The van der Waals surface area contributed by atoms with Crippen molar-refractivity contribution in [1.29, 1.82) is 0 Å². The number of hydrogen-bond acceptors (Lipinski definition) is 1. The fourth-order valence-electron chi connectivity index (χ4n) is 1.71. The first kappa shape index (κ1) is 13.2. The molecule has 0 aromatic heterocycles. The van der Waals surface area contributed by atoms with Crippen molar-refractivity contribution in [3.05, 3.63) is 35.6 Å². The molecule has 1 rings (SSSR count). The molecule has 0 saturated carbocycles. The Labute approximate surface area is 98.1 Å².